The fourth-order valence-electron chi connectivity index (χ4n) is 3.93. The van der Waals surface area contributed by atoms with Crippen LogP contribution in [0.25, 0.3) is 10.9 Å². The maximum absolute atomic E-state index is 13.1. The highest BCUT2D eigenvalue weighted by Crippen LogP contribution is 2.27. The number of rotatable bonds is 7. The number of anilines is 1. The number of carbonyl (C=O) groups is 1. The van der Waals surface area contributed by atoms with E-state index in [4.69, 9.17) is 4.74 Å². The van der Waals surface area contributed by atoms with Crippen molar-refractivity contribution < 1.29 is 35.9 Å². The zero-order valence-electron chi connectivity index (χ0n) is 19.2. The summed E-state index contributed by atoms with van der Waals surface area (Å²) in [6.45, 7) is 0.628. The Morgan fingerprint density at radius 3 is 2.38 bits per heavy atom. The average Bonchev–Trinajstić information content (AvgIpc) is 2.87. The summed E-state index contributed by atoms with van der Waals surface area (Å²) in [7, 11) is 0. The smallest absolute Gasteiger partial charge is 0.379 e. The van der Waals surface area contributed by atoms with Gasteiger partial charge in [-0.1, -0.05) is 6.07 Å². The van der Waals surface area contributed by atoms with Crippen LogP contribution < -0.4 is 10.6 Å². The summed E-state index contributed by atoms with van der Waals surface area (Å²) in [5.41, 5.74) is 0.965. The Labute approximate surface area is 207 Å². The van der Waals surface area contributed by atoms with Crippen LogP contribution in [0.15, 0.2) is 42.7 Å². The van der Waals surface area contributed by atoms with Crippen LogP contribution in [0.3, 0.4) is 0 Å². The topological polar surface area (TPSA) is 92.3 Å². The van der Waals surface area contributed by atoms with E-state index >= 15 is 0 Å². The van der Waals surface area contributed by atoms with Gasteiger partial charge < -0.3 is 15.4 Å². The van der Waals surface area contributed by atoms with Gasteiger partial charge in [-0.05, 0) is 24.3 Å². The molecule has 37 heavy (non-hydrogen) atoms. The van der Waals surface area contributed by atoms with E-state index in [-0.39, 0.29) is 17.9 Å². The summed E-state index contributed by atoms with van der Waals surface area (Å²) in [4.78, 5) is 26.1. The third kappa shape index (κ3) is 6.83. The Hall–Kier alpha value is -3.52. The van der Waals surface area contributed by atoms with Gasteiger partial charge in [0.2, 0.25) is 5.82 Å². The quantitative estimate of drug-likeness (QED) is 0.451. The van der Waals surface area contributed by atoms with Gasteiger partial charge in [0.1, 0.15) is 12.4 Å². The number of halogens is 6. The molecule has 1 amide bonds. The maximum atomic E-state index is 13.1. The van der Waals surface area contributed by atoms with Gasteiger partial charge in [-0.2, -0.15) is 26.3 Å². The Morgan fingerprint density at radius 2 is 1.73 bits per heavy atom. The summed E-state index contributed by atoms with van der Waals surface area (Å²) in [5.74, 6) is -1.72. The molecule has 0 radical (unpaired) electrons. The molecule has 8 nitrogen and oxygen atoms in total. The second kappa shape index (κ2) is 10.8. The van der Waals surface area contributed by atoms with E-state index in [9.17, 15) is 31.1 Å². The molecular formula is C23H22F6N6O2. The molecular weight excluding hydrogens is 506 g/mol. The number of pyridine rings is 1. The lowest BCUT2D eigenvalue weighted by atomic mass is 10.1. The number of aromatic nitrogens is 3. The number of carbonyl (C=O) groups excluding carboxylic acids is 1. The van der Waals surface area contributed by atoms with Crippen molar-refractivity contribution in [2.24, 2.45) is 0 Å². The molecule has 3 aromatic rings. The van der Waals surface area contributed by atoms with Crippen LogP contribution in [0, 0.1) is 0 Å². The standard InChI is InChI=1S/C23H22F6N6O2/c24-22(25,26)13-33-19-5-4-15-16(2-1-3-17(15)34-19)20(36)30-12-18(35-6-8-37-9-7-35)14-10-31-21(32-11-14)23(27,28)29/h1-5,10-11,18H,6-9,12-13H2,(H,30,36)(H,33,34). The Kier molecular flexibility index (Phi) is 7.78. The van der Waals surface area contributed by atoms with Gasteiger partial charge in [0.25, 0.3) is 5.91 Å². The number of nitrogens with one attached hydrogen (secondary N) is 2. The third-order valence-corrected chi connectivity index (χ3v) is 5.70. The SMILES string of the molecule is O=C(NCC(c1cnc(C(F)(F)F)nc1)N1CCOCC1)c1cccc2nc(NCC(F)(F)F)ccc12. The maximum Gasteiger partial charge on any atom is 0.451 e. The lowest BCUT2D eigenvalue weighted by Crippen LogP contribution is -2.44. The third-order valence-electron chi connectivity index (χ3n) is 5.70. The van der Waals surface area contributed by atoms with Crippen molar-refractivity contribution in [1.29, 1.82) is 0 Å². The molecule has 0 aliphatic carbocycles. The predicted octanol–water partition coefficient (Wildman–Crippen LogP) is 3.82. The van der Waals surface area contributed by atoms with E-state index in [2.05, 4.69) is 25.6 Å². The zero-order valence-corrected chi connectivity index (χ0v) is 19.2. The Bertz CT molecular complexity index is 1230. The van der Waals surface area contributed by atoms with E-state index < -0.39 is 36.7 Å². The molecule has 3 heterocycles. The first-order valence-corrected chi connectivity index (χ1v) is 11.2. The number of morpholine rings is 1. The highest BCUT2D eigenvalue weighted by molar-refractivity contribution is 6.06. The van der Waals surface area contributed by atoms with Crippen molar-refractivity contribution in [2.45, 2.75) is 18.4 Å². The largest absolute Gasteiger partial charge is 0.451 e. The molecule has 1 aliphatic rings. The van der Waals surface area contributed by atoms with Crippen LogP contribution in [-0.2, 0) is 10.9 Å². The van der Waals surface area contributed by atoms with Crippen molar-refractivity contribution in [1.82, 2.24) is 25.2 Å². The van der Waals surface area contributed by atoms with Crippen molar-refractivity contribution in [2.75, 3.05) is 44.7 Å². The summed E-state index contributed by atoms with van der Waals surface area (Å²) >= 11 is 0. The van der Waals surface area contributed by atoms with Gasteiger partial charge in [-0.15, -0.1) is 0 Å². The van der Waals surface area contributed by atoms with Gasteiger partial charge in [0, 0.05) is 48.5 Å². The summed E-state index contributed by atoms with van der Waals surface area (Å²) in [5, 5.41) is 5.43. The number of fused-ring (bicyclic) bond motifs is 1. The van der Waals surface area contributed by atoms with Gasteiger partial charge in [-0.3, -0.25) is 9.69 Å². The lowest BCUT2D eigenvalue weighted by molar-refractivity contribution is -0.145. The molecule has 2 N–H and O–H groups in total. The normalized spacial score (nSPS) is 15.9. The van der Waals surface area contributed by atoms with Gasteiger partial charge >= 0.3 is 12.4 Å². The first kappa shape index (κ1) is 26.5. The molecule has 198 valence electrons. The molecule has 14 heteroatoms. The van der Waals surface area contributed by atoms with E-state index in [0.29, 0.717) is 42.8 Å². The molecule has 2 aromatic heterocycles. The molecule has 1 aliphatic heterocycles. The number of nitrogens with zero attached hydrogens (tertiary/aromatic N) is 4. The van der Waals surface area contributed by atoms with Crippen LogP contribution in [0.2, 0.25) is 0 Å². The molecule has 0 bridgehead atoms. The predicted molar refractivity (Wildman–Crippen MR) is 121 cm³/mol. The monoisotopic (exact) mass is 528 g/mol. The summed E-state index contributed by atoms with van der Waals surface area (Å²) in [6.07, 6.45) is -6.89. The first-order valence-electron chi connectivity index (χ1n) is 11.2. The highest BCUT2D eigenvalue weighted by Gasteiger charge is 2.35. The van der Waals surface area contributed by atoms with Gasteiger partial charge in [-0.25, -0.2) is 15.0 Å². The minimum absolute atomic E-state index is 0.0112. The molecule has 0 saturated carbocycles. The molecule has 1 fully saturated rings. The number of hydrogen-bond acceptors (Lipinski definition) is 7. The number of hydrogen-bond donors (Lipinski definition) is 2. The fourth-order valence-corrected chi connectivity index (χ4v) is 3.93. The van der Waals surface area contributed by atoms with Crippen LogP contribution in [0.1, 0.15) is 27.8 Å². The van der Waals surface area contributed by atoms with Crippen LogP contribution >= 0.6 is 0 Å². The summed E-state index contributed by atoms with van der Waals surface area (Å²) < 4.78 is 81.5. The van der Waals surface area contributed by atoms with E-state index in [1.807, 2.05) is 4.90 Å². The molecule has 0 spiro atoms. The summed E-state index contributed by atoms with van der Waals surface area (Å²) in [6, 6.07) is 7.01. The lowest BCUT2D eigenvalue weighted by Gasteiger charge is -2.34. The molecule has 1 saturated heterocycles. The van der Waals surface area contributed by atoms with Crippen LogP contribution in [-0.4, -0.2) is 71.3 Å². The molecule has 1 unspecified atom stereocenters. The number of amides is 1. The van der Waals surface area contributed by atoms with Gasteiger partial charge in [0.15, 0.2) is 0 Å². The van der Waals surface area contributed by atoms with Crippen molar-refractivity contribution in [3.05, 3.63) is 59.7 Å². The van der Waals surface area contributed by atoms with Gasteiger partial charge in [0.05, 0.1) is 24.8 Å². The average molecular weight is 528 g/mol. The number of alkyl halides is 6. The van der Waals surface area contributed by atoms with E-state index in [0.717, 1.165) is 12.4 Å². The first-order chi connectivity index (χ1) is 17.5. The van der Waals surface area contributed by atoms with Crippen LogP contribution in [0.4, 0.5) is 32.2 Å². The van der Waals surface area contributed by atoms with Crippen molar-refractivity contribution in [3.8, 4) is 0 Å². The number of ether oxygens (including phenoxy) is 1. The van der Waals surface area contributed by atoms with E-state index in [1.54, 1.807) is 18.2 Å². The zero-order chi connectivity index (χ0) is 26.6. The molecule has 1 atom stereocenters. The van der Waals surface area contributed by atoms with Crippen LogP contribution in [0.5, 0.6) is 0 Å². The minimum atomic E-state index is -4.67. The minimum Gasteiger partial charge on any atom is -0.379 e. The second-order valence-electron chi connectivity index (χ2n) is 8.25. The second-order valence-corrected chi connectivity index (χ2v) is 8.25. The van der Waals surface area contributed by atoms with E-state index in [1.165, 1.54) is 12.1 Å². The van der Waals surface area contributed by atoms with Crippen molar-refractivity contribution >= 4 is 22.6 Å². The highest BCUT2D eigenvalue weighted by atomic mass is 19.4. The fraction of sp³-hybridized carbons (Fsp3) is 0.391. The molecule has 1 aromatic carbocycles. The molecule has 4 rings (SSSR count). The van der Waals surface area contributed by atoms with Crippen molar-refractivity contribution in [3.63, 3.8) is 0 Å². The number of benzene rings is 1. The Morgan fingerprint density at radius 1 is 1.03 bits per heavy atom. The Balaban J connectivity index is 1.52.